The minimum absolute atomic E-state index is 0.0791. The molecule has 7 rings (SSSR count). The highest BCUT2D eigenvalue weighted by molar-refractivity contribution is 5.79. The van der Waals surface area contributed by atoms with E-state index in [-0.39, 0.29) is 23.5 Å². The van der Waals surface area contributed by atoms with Crippen molar-refractivity contribution in [1.82, 2.24) is 24.3 Å². The molecule has 0 radical (unpaired) electrons. The summed E-state index contributed by atoms with van der Waals surface area (Å²) in [5.41, 5.74) is 4.22. The van der Waals surface area contributed by atoms with Crippen LogP contribution >= 0.6 is 0 Å². The molecule has 5 atom stereocenters. The molecule has 1 aliphatic heterocycles. The van der Waals surface area contributed by atoms with E-state index in [0.717, 1.165) is 42.8 Å². The second kappa shape index (κ2) is 10.3. The first kappa shape index (κ1) is 26.8. The fourth-order valence-electron chi connectivity index (χ4n) is 7.26. The number of pyridine rings is 1. The first-order chi connectivity index (χ1) is 20.3. The molecule has 2 bridgehead atoms. The van der Waals surface area contributed by atoms with Crippen LogP contribution in [0.4, 0.5) is 14.7 Å². The number of alkyl halides is 2. The number of ether oxygens (including phenoxy) is 1. The maximum absolute atomic E-state index is 13.1. The van der Waals surface area contributed by atoms with E-state index in [0.29, 0.717) is 41.1 Å². The van der Waals surface area contributed by atoms with E-state index in [1.165, 1.54) is 6.07 Å². The van der Waals surface area contributed by atoms with Crippen LogP contribution in [0, 0.1) is 17.8 Å². The van der Waals surface area contributed by atoms with Crippen LogP contribution in [0.3, 0.4) is 0 Å². The zero-order chi connectivity index (χ0) is 29.1. The van der Waals surface area contributed by atoms with Crippen molar-refractivity contribution < 1.29 is 23.4 Å². The van der Waals surface area contributed by atoms with Crippen molar-refractivity contribution in [3.8, 4) is 16.9 Å². The van der Waals surface area contributed by atoms with Crippen LogP contribution in [-0.2, 0) is 4.79 Å². The fraction of sp³-hybridized carbons (Fsp3) is 0.419. The molecular formula is C31H32F2N6O3. The van der Waals surface area contributed by atoms with Gasteiger partial charge in [-0.2, -0.15) is 8.78 Å². The van der Waals surface area contributed by atoms with Crippen molar-refractivity contribution >= 4 is 17.5 Å². The van der Waals surface area contributed by atoms with Crippen LogP contribution in [0.1, 0.15) is 48.2 Å². The van der Waals surface area contributed by atoms with Gasteiger partial charge in [0.15, 0.2) is 0 Å². The van der Waals surface area contributed by atoms with Gasteiger partial charge in [0.25, 0.3) is 0 Å². The van der Waals surface area contributed by atoms with Crippen LogP contribution in [-0.4, -0.2) is 69.1 Å². The maximum Gasteiger partial charge on any atom is 0.387 e. The number of aliphatic hydroxyl groups is 1. The van der Waals surface area contributed by atoms with Crippen molar-refractivity contribution in [2.75, 3.05) is 32.1 Å². The van der Waals surface area contributed by atoms with Crippen LogP contribution in [0.2, 0.25) is 0 Å². The largest absolute Gasteiger partial charge is 0.435 e. The van der Waals surface area contributed by atoms with Crippen LogP contribution < -0.4 is 9.64 Å². The number of hydrogen-bond donors (Lipinski definition) is 1. The number of carbonyl (C=O) groups is 1. The summed E-state index contributed by atoms with van der Waals surface area (Å²) in [6.07, 6.45) is 7.14. The van der Waals surface area contributed by atoms with Gasteiger partial charge in [-0.05, 0) is 49.3 Å². The number of anilines is 1. The summed E-state index contributed by atoms with van der Waals surface area (Å²) in [5, 5.41) is 10.8. The zero-order valence-electron chi connectivity index (χ0n) is 23.4. The van der Waals surface area contributed by atoms with E-state index in [2.05, 4.69) is 9.88 Å². The number of fused-ring (bicyclic) bond motifs is 5. The molecule has 2 fully saturated rings. The molecule has 0 spiro atoms. The number of halogens is 2. The molecule has 3 aliphatic rings. The van der Waals surface area contributed by atoms with Crippen LogP contribution in [0.5, 0.6) is 5.75 Å². The second-order valence-electron chi connectivity index (χ2n) is 11.8. The molecule has 2 aliphatic carbocycles. The summed E-state index contributed by atoms with van der Waals surface area (Å²) in [6.45, 7) is -1.41. The standard InChI is InChI=1S/C31H32F2N6O3/c1-37(2)29(41)26-18-7-8-19(26)15-38(14-18)31-34-12-20(13-35-31)17-9-10-25-36-27-23(40)11-22(28(27)39(25)16-17)21-5-3-4-6-24(21)42-30(32)33/h3-6,9-10,12-13,16,18-19,22-23,26,30,40H,7-8,11,14-15H2,1-2H3/t18-,19?,22-,23?,26?/m1/s1. The van der Waals surface area contributed by atoms with E-state index < -0.39 is 12.7 Å². The topological polar surface area (TPSA) is 96.1 Å². The third kappa shape index (κ3) is 4.46. The number of nitrogens with zero attached hydrogens (tertiary/aromatic N) is 6. The Morgan fingerprint density at radius 1 is 1.05 bits per heavy atom. The average molecular weight is 575 g/mol. The Balaban J connectivity index is 1.17. The zero-order valence-corrected chi connectivity index (χ0v) is 23.4. The molecule has 9 nitrogen and oxygen atoms in total. The predicted molar refractivity (Wildman–Crippen MR) is 151 cm³/mol. The first-order valence-corrected chi connectivity index (χ1v) is 14.3. The molecular weight excluding hydrogens is 542 g/mol. The van der Waals surface area contributed by atoms with Gasteiger partial charge in [-0.15, -0.1) is 0 Å². The van der Waals surface area contributed by atoms with Crippen molar-refractivity contribution in [2.24, 2.45) is 17.8 Å². The van der Waals surface area contributed by atoms with Crippen molar-refractivity contribution in [2.45, 2.75) is 37.9 Å². The normalized spacial score (nSPS) is 24.8. The van der Waals surface area contributed by atoms with Gasteiger partial charge < -0.3 is 24.0 Å². The van der Waals surface area contributed by atoms with Gasteiger partial charge in [0, 0.05) is 74.3 Å². The number of imidazole rings is 1. The second-order valence-corrected chi connectivity index (χ2v) is 11.8. The summed E-state index contributed by atoms with van der Waals surface area (Å²) in [6, 6.07) is 10.5. The fourth-order valence-corrected chi connectivity index (χ4v) is 7.26. The first-order valence-electron chi connectivity index (χ1n) is 14.3. The molecule has 11 heteroatoms. The number of piperidine rings is 1. The highest BCUT2D eigenvalue weighted by Gasteiger charge is 2.46. The Morgan fingerprint density at radius 2 is 1.76 bits per heavy atom. The van der Waals surface area contributed by atoms with Gasteiger partial charge in [0.2, 0.25) is 11.9 Å². The number of hydrogen-bond acceptors (Lipinski definition) is 7. The number of aliphatic hydroxyl groups excluding tert-OH is 1. The number of amides is 1. The quantitative estimate of drug-likeness (QED) is 0.362. The summed E-state index contributed by atoms with van der Waals surface area (Å²) in [7, 11) is 3.66. The highest BCUT2D eigenvalue weighted by atomic mass is 19.3. The number of aromatic nitrogens is 4. The third-order valence-electron chi connectivity index (χ3n) is 9.11. The number of para-hydroxylation sites is 1. The van der Waals surface area contributed by atoms with Crippen molar-refractivity contribution in [3.63, 3.8) is 0 Å². The molecule has 1 amide bonds. The summed E-state index contributed by atoms with van der Waals surface area (Å²) < 4.78 is 33.0. The smallest absolute Gasteiger partial charge is 0.387 e. The summed E-state index contributed by atoms with van der Waals surface area (Å²) in [5.74, 6) is 1.31. The Morgan fingerprint density at radius 3 is 2.45 bits per heavy atom. The molecule has 1 saturated carbocycles. The van der Waals surface area contributed by atoms with Gasteiger partial charge in [-0.3, -0.25) is 4.79 Å². The minimum atomic E-state index is -2.95. The monoisotopic (exact) mass is 574 g/mol. The Labute approximate surface area is 241 Å². The Bertz CT molecular complexity index is 1630. The van der Waals surface area contributed by atoms with Gasteiger partial charge in [0.1, 0.15) is 11.4 Å². The summed E-state index contributed by atoms with van der Waals surface area (Å²) in [4.78, 5) is 30.7. The minimum Gasteiger partial charge on any atom is -0.435 e. The SMILES string of the molecule is CN(C)C(=O)C1C2CC[C@@H]1CN(c1ncc(-c3ccc4nc5c(n4c3)[C@@H](c3ccccc3OC(F)F)CC5O)cn1)C2. The summed E-state index contributed by atoms with van der Waals surface area (Å²) >= 11 is 0. The lowest BCUT2D eigenvalue weighted by molar-refractivity contribution is -0.135. The Kier molecular flexibility index (Phi) is 6.56. The molecule has 4 heterocycles. The predicted octanol–water partition coefficient (Wildman–Crippen LogP) is 4.51. The lowest BCUT2D eigenvalue weighted by Crippen LogP contribution is -2.48. The lowest BCUT2D eigenvalue weighted by Gasteiger charge is -2.38. The number of benzene rings is 1. The van der Waals surface area contributed by atoms with Gasteiger partial charge in [-0.25, -0.2) is 15.0 Å². The van der Waals surface area contributed by atoms with Crippen LogP contribution in [0.15, 0.2) is 55.0 Å². The molecule has 3 unspecified atom stereocenters. The number of rotatable bonds is 6. The van der Waals surface area contributed by atoms with E-state index in [4.69, 9.17) is 14.7 Å². The molecule has 3 aromatic heterocycles. The highest BCUT2D eigenvalue weighted by Crippen LogP contribution is 2.47. The van der Waals surface area contributed by atoms with Gasteiger partial charge >= 0.3 is 6.61 Å². The average Bonchev–Trinajstić information content (AvgIpc) is 3.60. The van der Waals surface area contributed by atoms with Gasteiger partial charge in [0.05, 0.1) is 17.5 Å². The van der Waals surface area contributed by atoms with Gasteiger partial charge in [-0.1, -0.05) is 18.2 Å². The van der Waals surface area contributed by atoms with E-state index in [1.54, 1.807) is 35.5 Å². The molecule has 1 aromatic carbocycles. The number of carbonyl (C=O) groups excluding carboxylic acids is 1. The Hall–Kier alpha value is -4.12. The lowest BCUT2D eigenvalue weighted by atomic mass is 9.84. The molecule has 1 saturated heterocycles. The van der Waals surface area contributed by atoms with E-state index in [1.807, 2.05) is 36.8 Å². The molecule has 218 valence electrons. The van der Waals surface area contributed by atoms with Crippen molar-refractivity contribution in [3.05, 3.63) is 71.9 Å². The molecule has 42 heavy (non-hydrogen) atoms. The molecule has 4 aromatic rings. The third-order valence-corrected chi connectivity index (χ3v) is 9.11. The molecule has 1 N–H and O–H groups in total. The van der Waals surface area contributed by atoms with E-state index >= 15 is 0 Å². The van der Waals surface area contributed by atoms with E-state index in [9.17, 15) is 18.7 Å². The maximum atomic E-state index is 13.1. The van der Waals surface area contributed by atoms with Crippen molar-refractivity contribution in [1.29, 1.82) is 0 Å². The van der Waals surface area contributed by atoms with Crippen LogP contribution in [0.25, 0.3) is 16.8 Å².